The van der Waals surface area contributed by atoms with Crippen LogP contribution in [0.5, 0.6) is 0 Å². The lowest BCUT2D eigenvalue weighted by Crippen LogP contribution is -2.57. The number of hydrogen-bond donors (Lipinski definition) is 1. The highest BCUT2D eigenvalue weighted by molar-refractivity contribution is 5.79. The molecule has 0 radical (unpaired) electrons. The highest BCUT2D eigenvalue weighted by Crippen LogP contribution is 2.37. The molecule has 1 unspecified atom stereocenters. The second-order valence-corrected chi connectivity index (χ2v) is 10.2. The number of carbonyl (C=O) groups is 1. The number of fused-ring (bicyclic) bond motifs is 3. The average Bonchev–Trinajstić information content (AvgIpc) is 3.42. The number of carbonyl (C=O) groups excluding carboxylic acids is 1. The van der Waals surface area contributed by atoms with E-state index in [1.165, 1.54) is 23.3 Å². The summed E-state index contributed by atoms with van der Waals surface area (Å²) < 4.78 is 15.1. The zero-order valence-corrected chi connectivity index (χ0v) is 20.6. The molecule has 3 aliphatic rings. The number of nitrogens with zero attached hydrogens (tertiary/aromatic N) is 4. The van der Waals surface area contributed by atoms with Crippen molar-refractivity contribution >= 4 is 5.91 Å². The number of piperidine rings is 3. The van der Waals surface area contributed by atoms with Gasteiger partial charge in [-0.25, -0.2) is 4.39 Å². The third kappa shape index (κ3) is 5.18. The van der Waals surface area contributed by atoms with E-state index >= 15 is 0 Å². The number of rotatable bonds is 7. The van der Waals surface area contributed by atoms with E-state index in [4.69, 9.17) is 0 Å². The molecule has 4 aromatic rings. The lowest BCUT2D eigenvalue weighted by atomic mass is 9.75. The summed E-state index contributed by atoms with van der Waals surface area (Å²) in [4.78, 5) is 15.4. The van der Waals surface area contributed by atoms with E-state index in [-0.39, 0.29) is 17.6 Å². The molecule has 188 valence electrons. The Morgan fingerprint density at radius 2 is 1.68 bits per heavy atom. The van der Waals surface area contributed by atoms with Crippen LogP contribution in [0.4, 0.5) is 4.39 Å². The van der Waals surface area contributed by atoms with Gasteiger partial charge in [0.1, 0.15) is 11.5 Å². The molecule has 1 aromatic heterocycles. The Bertz CT molecular complexity index is 1350. The molecule has 6 nitrogen and oxygen atoms in total. The fraction of sp³-hybridized carbons (Fsp3) is 0.300. The summed E-state index contributed by atoms with van der Waals surface area (Å²) in [6.45, 7) is 2.99. The summed E-state index contributed by atoms with van der Waals surface area (Å²) in [6.07, 6.45) is 4.05. The molecule has 0 aliphatic carbocycles. The molecule has 4 heterocycles. The van der Waals surface area contributed by atoms with Crippen molar-refractivity contribution in [1.82, 2.24) is 25.2 Å². The molecule has 0 saturated carbocycles. The number of nitrogens with one attached hydrogen (secondary N) is 1. The van der Waals surface area contributed by atoms with Gasteiger partial charge in [0.15, 0.2) is 0 Å². The number of amides is 1. The molecule has 1 amide bonds. The summed E-state index contributed by atoms with van der Waals surface area (Å²) in [5.41, 5.74) is 5.20. The maximum Gasteiger partial charge on any atom is 0.224 e. The van der Waals surface area contributed by atoms with Gasteiger partial charge in [0.05, 0.1) is 18.7 Å². The second kappa shape index (κ2) is 10.3. The Balaban J connectivity index is 1.05. The van der Waals surface area contributed by atoms with Crippen LogP contribution in [0.15, 0.2) is 85.1 Å². The number of benzene rings is 3. The van der Waals surface area contributed by atoms with Gasteiger partial charge in [-0.1, -0.05) is 71.9 Å². The van der Waals surface area contributed by atoms with Crippen molar-refractivity contribution in [2.75, 3.05) is 13.1 Å². The summed E-state index contributed by atoms with van der Waals surface area (Å²) in [7, 11) is 0. The van der Waals surface area contributed by atoms with Gasteiger partial charge in [-0.05, 0) is 54.1 Å². The Morgan fingerprint density at radius 3 is 2.41 bits per heavy atom. The van der Waals surface area contributed by atoms with Crippen molar-refractivity contribution in [3.63, 3.8) is 0 Å². The maximum atomic E-state index is 13.1. The smallest absolute Gasteiger partial charge is 0.224 e. The van der Waals surface area contributed by atoms with E-state index in [1.54, 1.807) is 12.1 Å². The quantitative estimate of drug-likeness (QED) is 0.401. The minimum absolute atomic E-state index is 0.000107. The lowest BCUT2D eigenvalue weighted by molar-refractivity contribution is -0.133. The molecular weight excluding hydrogens is 465 g/mol. The monoisotopic (exact) mass is 495 g/mol. The minimum Gasteiger partial charge on any atom is -0.352 e. The topological polar surface area (TPSA) is 63.1 Å². The summed E-state index contributed by atoms with van der Waals surface area (Å²) in [5, 5.41) is 11.9. The fourth-order valence-electron chi connectivity index (χ4n) is 5.75. The van der Waals surface area contributed by atoms with Gasteiger partial charge >= 0.3 is 0 Å². The van der Waals surface area contributed by atoms with Gasteiger partial charge in [0.25, 0.3) is 0 Å². The van der Waals surface area contributed by atoms with Gasteiger partial charge in [0, 0.05) is 24.7 Å². The SMILES string of the molecule is O=C(NCc1ccc(F)cc1)[C@H]1CN2CC[C@H]1C[C@@H]2Cn1cc(-c2ccc(-c3ccccc3)cc2)nn1. The first-order valence-electron chi connectivity index (χ1n) is 12.9. The van der Waals surface area contributed by atoms with Crippen molar-refractivity contribution in [1.29, 1.82) is 0 Å². The summed E-state index contributed by atoms with van der Waals surface area (Å²) in [5.74, 6) is 0.204. The van der Waals surface area contributed by atoms with Crippen LogP contribution in [0.2, 0.25) is 0 Å². The zero-order valence-electron chi connectivity index (χ0n) is 20.6. The van der Waals surface area contributed by atoms with E-state index in [9.17, 15) is 9.18 Å². The van der Waals surface area contributed by atoms with Crippen LogP contribution < -0.4 is 5.32 Å². The van der Waals surface area contributed by atoms with Gasteiger partial charge in [0.2, 0.25) is 5.91 Å². The molecule has 3 aliphatic heterocycles. The van der Waals surface area contributed by atoms with E-state index in [0.29, 0.717) is 18.5 Å². The van der Waals surface area contributed by atoms with Crippen LogP contribution in [-0.4, -0.2) is 44.9 Å². The van der Waals surface area contributed by atoms with Crippen molar-refractivity contribution in [3.8, 4) is 22.4 Å². The predicted molar refractivity (Wildman–Crippen MR) is 141 cm³/mol. The van der Waals surface area contributed by atoms with Crippen LogP contribution in [0.3, 0.4) is 0 Å². The average molecular weight is 496 g/mol. The second-order valence-electron chi connectivity index (χ2n) is 10.2. The van der Waals surface area contributed by atoms with Crippen molar-refractivity contribution in [2.45, 2.75) is 32.0 Å². The largest absolute Gasteiger partial charge is 0.352 e. The van der Waals surface area contributed by atoms with Crippen LogP contribution in [-0.2, 0) is 17.9 Å². The Labute approximate surface area is 216 Å². The third-order valence-corrected chi connectivity index (χ3v) is 7.82. The van der Waals surface area contributed by atoms with Crippen molar-refractivity contribution < 1.29 is 9.18 Å². The van der Waals surface area contributed by atoms with Gasteiger partial charge in [-0.2, -0.15) is 0 Å². The maximum absolute atomic E-state index is 13.1. The molecule has 3 saturated heterocycles. The van der Waals surface area contributed by atoms with Gasteiger partial charge in [-0.3, -0.25) is 14.4 Å². The Hall–Kier alpha value is -3.84. The molecule has 1 N–H and O–H groups in total. The van der Waals surface area contributed by atoms with E-state index in [1.807, 2.05) is 29.1 Å². The molecule has 37 heavy (non-hydrogen) atoms. The highest BCUT2D eigenvalue weighted by atomic mass is 19.1. The van der Waals surface area contributed by atoms with Gasteiger partial charge < -0.3 is 5.32 Å². The minimum atomic E-state index is -0.265. The normalized spacial score (nSPS) is 22.6. The molecule has 2 bridgehead atoms. The molecule has 3 aromatic carbocycles. The zero-order chi connectivity index (χ0) is 25.2. The van der Waals surface area contributed by atoms with E-state index in [0.717, 1.165) is 49.3 Å². The first-order chi connectivity index (χ1) is 18.1. The van der Waals surface area contributed by atoms with Crippen molar-refractivity contribution in [2.24, 2.45) is 11.8 Å². The van der Waals surface area contributed by atoms with E-state index in [2.05, 4.69) is 56.9 Å². The first-order valence-corrected chi connectivity index (χ1v) is 12.9. The molecular formula is C30H30FN5O. The standard InChI is InChI=1S/C30H30FN5O/c31-26-12-6-21(7-13-26)17-32-30(37)28-19-35-15-14-25(28)16-27(35)18-36-20-29(33-34-36)24-10-8-23(9-11-24)22-4-2-1-3-5-22/h1-13,20,25,27-28H,14-19H2,(H,32,37)/t25-,27+,28-/m0/s1. The van der Waals surface area contributed by atoms with Crippen LogP contribution in [0, 0.1) is 17.7 Å². The number of aromatic nitrogens is 3. The van der Waals surface area contributed by atoms with Crippen LogP contribution in [0.25, 0.3) is 22.4 Å². The highest BCUT2D eigenvalue weighted by Gasteiger charge is 2.43. The molecule has 4 atom stereocenters. The summed E-state index contributed by atoms with van der Waals surface area (Å²) >= 11 is 0. The molecule has 7 rings (SSSR count). The van der Waals surface area contributed by atoms with E-state index < -0.39 is 0 Å². The first kappa shape index (κ1) is 23.6. The number of halogens is 1. The van der Waals surface area contributed by atoms with Crippen LogP contribution >= 0.6 is 0 Å². The van der Waals surface area contributed by atoms with Crippen LogP contribution in [0.1, 0.15) is 18.4 Å². The molecule has 7 heteroatoms. The Morgan fingerprint density at radius 1 is 0.946 bits per heavy atom. The molecule has 0 spiro atoms. The van der Waals surface area contributed by atoms with Gasteiger partial charge in [-0.15, -0.1) is 5.10 Å². The summed E-state index contributed by atoms with van der Waals surface area (Å²) in [6, 6.07) is 25.4. The number of hydrogen-bond acceptors (Lipinski definition) is 4. The lowest BCUT2D eigenvalue weighted by Gasteiger charge is -2.49. The molecule has 3 fully saturated rings. The fourth-order valence-corrected chi connectivity index (χ4v) is 5.75. The van der Waals surface area contributed by atoms with Crippen molar-refractivity contribution in [3.05, 3.63) is 96.4 Å². The Kier molecular flexibility index (Phi) is 6.53. The third-order valence-electron chi connectivity index (χ3n) is 7.82. The predicted octanol–water partition coefficient (Wildman–Crippen LogP) is 4.78.